The highest BCUT2D eigenvalue weighted by Crippen LogP contribution is 2.36. The number of hydrogen-bond acceptors (Lipinski definition) is 7. The zero-order valence-corrected chi connectivity index (χ0v) is 17.7. The smallest absolute Gasteiger partial charge is 0.343 e. The van der Waals surface area contributed by atoms with E-state index in [0.717, 1.165) is 0 Å². The van der Waals surface area contributed by atoms with E-state index in [1.807, 2.05) is 13.8 Å². The normalized spacial score (nSPS) is 13.5. The molecule has 2 N–H and O–H groups in total. The lowest BCUT2D eigenvalue weighted by atomic mass is 10.1. The Balaban J connectivity index is 3.54. The average molecular weight is 444 g/mol. The van der Waals surface area contributed by atoms with Crippen LogP contribution in [-0.4, -0.2) is 55.9 Å². The van der Waals surface area contributed by atoms with Crippen LogP contribution in [0.2, 0.25) is 0 Å². The monoisotopic (exact) mass is 443 g/mol. The highest BCUT2D eigenvalue weighted by atomic mass is 79.9. The third-order valence-electron chi connectivity index (χ3n) is 3.83. The Kier molecular flexibility index (Phi) is 9.31. The Morgan fingerprint density at radius 3 is 2.37 bits per heavy atom. The predicted molar refractivity (Wildman–Crippen MR) is 108 cm³/mol. The largest absolute Gasteiger partial charge is 0.506 e. The van der Waals surface area contributed by atoms with Crippen LogP contribution in [0.4, 0.5) is 0 Å². The SMILES string of the molecule is CCOC(=O)C(C=N[C@H](CO)C(C)C)=C(O)c1cc(Br)c(OC)cc1OC. The van der Waals surface area contributed by atoms with E-state index in [9.17, 15) is 15.0 Å². The van der Waals surface area contributed by atoms with Gasteiger partial charge in [0.05, 0.1) is 43.5 Å². The van der Waals surface area contributed by atoms with E-state index in [1.54, 1.807) is 19.1 Å². The molecule has 0 bridgehead atoms. The number of benzene rings is 1. The quantitative estimate of drug-likeness (QED) is 0.262. The van der Waals surface area contributed by atoms with Gasteiger partial charge in [-0.2, -0.15) is 0 Å². The number of aliphatic hydroxyl groups is 2. The van der Waals surface area contributed by atoms with E-state index >= 15 is 0 Å². The lowest BCUT2D eigenvalue weighted by Gasteiger charge is -2.15. The third-order valence-corrected chi connectivity index (χ3v) is 4.45. The molecule has 1 rings (SSSR count). The molecule has 27 heavy (non-hydrogen) atoms. The molecular weight excluding hydrogens is 418 g/mol. The number of carbonyl (C=O) groups excluding carboxylic acids is 1. The van der Waals surface area contributed by atoms with Gasteiger partial charge in [-0.3, -0.25) is 4.99 Å². The average Bonchev–Trinajstić information content (AvgIpc) is 2.64. The molecule has 8 heteroatoms. The lowest BCUT2D eigenvalue weighted by Crippen LogP contribution is -2.19. The summed E-state index contributed by atoms with van der Waals surface area (Å²) in [7, 11) is 2.95. The molecule has 1 atom stereocenters. The van der Waals surface area contributed by atoms with Gasteiger partial charge in [0.1, 0.15) is 22.8 Å². The number of methoxy groups -OCH3 is 2. The molecule has 0 aliphatic rings. The molecule has 0 saturated carbocycles. The van der Waals surface area contributed by atoms with Crippen LogP contribution in [0.3, 0.4) is 0 Å². The summed E-state index contributed by atoms with van der Waals surface area (Å²) >= 11 is 3.35. The van der Waals surface area contributed by atoms with Gasteiger partial charge < -0.3 is 24.4 Å². The van der Waals surface area contributed by atoms with Crippen molar-refractivity contribution in [2.45, 2.75) is 26.8 Å². The molecule has 0 saturated heterocycles. The molecule has 0 fully saturated rings. The maximum Gasteiger partial charge on any atom is 0.343 e. The van der Waals surface area contributed by atoms with Gasteiger partial charge in [-0.25, -0.2) is 4.79 Å². The highest BCUT2D eigenvalue weighted by molar-refractivity contribution is 9.10. The molecular formula is C19H26BrNO6. The summed E-state index contributed by atoms with van der Waals surface area (Å²) in [4.78, 5) is 16.6. The Morgan fingerprint density at radius 2 is 1.89 bits per heavy atom. The Hall–Kier alpha value is -2.06. The van der Waals surface area contributed by atoms with E-state index < -0.39 is 12.0 Å². The maximum absolute atomic E-state index is 12.4. The number of hydrogen-bond donors (Lipinski definition) is 2. The van der Waals surface area contributed by atoms with Crippen molar-refractivity contribution < 1.29 is 29.2 Å². The summed E-state index contributed by atoms with van der Waals surface area (Å²) in [5, 5.41) is 20.2. The van der Waals surface area contributed by atoms with Crippen molar-refractivity contribution in [1.82, 2.24) is 0 Å². The number of ether oxygens (including phenoxy) is 3. The molecule has 1 aromatic carbocycles. The molecule has 0 radical (unpaired) electrons. The van der Waals surface area contributed by atoms with E-state index in [-0.39, 0.29) is 36.0 Å². The van der Waals surface area contributed by atoms with Crippen LogP contribution in [-0.2, 0) is 9.53 Å². The van der Waals surface area contributed by atoms with Crippen LogP contribution in [0.25, 0.3) is 5.76 Å². The summed E-state index contributed by atoms with van der Waals surface area (Å²) in [6.07, 6.45) is 1.23. The molecule has 0 aliphatic carbocycles. The molecule has 0 amide bonds. The van der Waals surface area contributed by atoms with Gasteiger partial charge in [-0.15, -0.1) is 0 Å². The number of carbonyl (C=O) groups is 1. The van der Waals surface area contributed by atoms with Gasteiger partial charge in [-0.05, 0) is 34.8 Å². The summed E-state index contributed by atoms with van der Waals surface area (Å²) in [6.45, 7) is 5.42. The minimum atomic E-state index is -0.729. The van der Waals surface area contributed by atoms with E-state index in [2.05, 4.69) is 20.9 Å². The zero-order chi connectivity index (χ0) is 20.6. The van der Waals surface area contributed by atoms with Crippen LogP contribution in [0.1, 0.15) is 26.3 Å². The summed E-state index contributed by atoms with van der Waals surface area (Å²) in [6, 6.07) is 2.75. The van der Waals surface area contributed by atoms with E-state index in [1.165, 1.54) is 20.4 Å². The van der Waals surface area contributed by atoms with Crippen molar-refractivity contribution in [3.63, 3.8) is 0 Å². The number of esters is 1. The number of halogens is 1. The first-order valence-corrected chi connectivity index (χ1v) is 9.26. The molecule has 7 nitrogen and oxygen atoms in total. The van der Waals surface area contributed by atoms with Crippen molar-refractivity contribution in [2.75, 3.05) is 27.4 Å². The minimum absolute atomic E-state index is 0.0569. The molecule has 0 aromatic heterocycles. The minimum Gasteiger partial charge on any atom is -0.506 e. The Labute approximate surface area is 167 Å². The summed E-state index contributed by atoms with van der Waals surface area (Å²) < 4.78 is 16.1. The molecule has 0 heterocycles. The van der Waals surface area contributed by atoms with Crippen LogP contribution in [0.5, 0.6) is 11.5 Å². The number of aliphatic imine (C=N–C) groups is 1. The van der Waals surface area contributed by atoms with Gasteiger partial charge in [0, 0.05) is 12.3 Å². The van der Waals surface area contributed by atoms with Gasteiger partial charge in [-0.1, -0.05) is 13.8 Å². The fourth-order valence-electron chi connectivity index (χ4n) is 2.21. The fraction of sp³-hybridized carbons (Fsp3) is 0.474. The lowest BCUT2D eigenvalue weighted by molar-refractivity contribution is -0.137. The van der Waals surface area contributed by atoms with Crippen LogP contribution in [0, 0.1) is 5.92 Å². The standard InChI is InChI=1S/C19H26BrNO6/c1-6-27-19(24)13(9-21-15(10-22)11(2)3)18(23)12-7-14(20)17(26-5)8-16(12)25-4/h7-9,11,15,22-23H,6,10H2,1-5H3/t15-/m1/s1. The zero-order valence-electron chi connectivity index (χ0n) is 16.2. The van der Waals surface area contributed by atoms with Gasteiger partial charge in [0.15, 0.2) is 0 Å². The Morgan fingerprint density at radius 1 is 1.26 bits per heavy atom. The van der Waals surface area contributed by atoms with E-state index in [0.29, 0.717) is 16.0 Å². The predicted octanol–water partition coefficient (Wildman–Crippen LogP) is 3.39. The fourth-order valence-corrected chi connectivity index (χ4v) is 2.72. The number of rotatable bonds is 9. The van der Waals surface area contributed by atoms with Gasteiger partial charge in [0.2, 0.25) is 0 Å². The van der Waals surface area contributed by atoms with Gasteiger partial charge >= 0.3 is 5.97 Å². The Bertz CT molecular complexity index is 714. The summed E-state index contributed by atoms with van der Waals surface area (Å²) in [5.74, 6) is -0.201. The van der Waals surface area contributed by atoms with Crippen molar-refractivity contribution in [3.8, 4) is 11.5 Å². The van der Waals surface area contributed by atoms with Crippen molar-refractivity contribution in [2.24, 2.45) is 10.9 Å². The first-order chi connectivity index (χ1) is 12.8. The molecule has 0 aliphatic heterocycles. The van der Waals surface area contributed by atoms with E-state index in [4.69, 9.17) is 14.2 Å². The van der Waals surface area contributed by atoms with Crippen molar-refractivity contribution in [1.29, 1.82) is 0 Å². The molecule has 0 unspecified atom stereocenters. The maximum atomic E-state index is 12.4. The number of aliphatic hydroxyl groups excluding tert-OH is 2. The molecule has 0 spiro atoms. The number of nitrogens with zero attached hydrogens (tertiary/aromatic N) is 1. The first kappa shape index (κ1) is 23.0. The van der Waals surface area contributed by atoms with Crippen LogP contribution < -0.4 is 9.47 Å². The third kappa shape index (κ3) is 5.97. The van der Waals surface area contributed by atoms with Crippen molar-refractivity contribution in [3.05, 3.63) is 27.7 Å². The topological polar surface area (TPSA) is 97.6 Å². The van der Waals surface area contributed by atoms with Gasteiger partial charge in [0.25, 0.3) is 0 Å². The molecule has 150 valence electrons. The second-order valence-electron chi connectivity index (χ2n) is 5.94. The summed E-state index contributed by atoms with van der Waals surface area (Å²) in [5.41, 5.74) is 0.135. The second-order valence-corrected chi connectivity index (χ2v) is 6.80. The van der Waals surface area contributed by atoms with Crippen LogP contribution >= 0.6 is 15.9 Å². The van der Waals surface area contributed by atoms with Crippen molar-refractivity contribution >= 4 is 33.9 Å². The molecule has 1 aromatic rings. The second kappa shape index (κ2) is 10.9. The first-order valence-electron chi connectivity index (χ1n) is 8.46. The van der Waals surface area contributed by atoms with Crippen LogP contribution in [0.15, 0.2) is 27.2 Å². The highest BCUT2D eigenvalue weighted by Gasteiger charge is 2.21.